The van der Waals surface area contributed by atoms with Crippen molar-refractivity contribution < 1.29 is 0 Å². The second kappa shape index (κ2) is 5.48. The number of nitrogens with one attached hydrogen (secondary N) is 1. The molecular weight excluding hydrogens is 380 g/mol. The SMILES string of the molecule is N#Cc1cc(Br)cc(Nc2nc(Cl)nc3c2ncn3C2CC2)c1. The van der Waals surface area contributed by atoms with E-state index >= 15 is 0 Å². The highest BCUT2D eigenvalue weighted by Gasteiger charge is 2.26. The molecule has 0 saturated heterocycles. The second-order valence-corrected chi connectivity index (χ2v) is 6.62. The Morgan fingerprint density at radius 3 is 2.87 bits per heavy atom. The highest BCUT2D eigenvalue weighted by atomic mass is 79.9. The summed E-state index contributed by atoms with van der Waals surface area (Å²) in [6, 6.07) is 7.92. The third kappa shape index (κ3) is 2.76. The van der Waals surface area contributed by atoms with Gasteiger partial charge in [0.05, 0.1) is 18.0 Å². The van der Waals surface area contributed by atoms with E-state index in [2.05, 4.69) is 42.3 Å². The van der Waals surface area contributed by atoms with E-state index in [1.54, 1.807) is 18.5 Å². The minimum atomic E-state index is 0.165. The Morgan fingerprint density at radius 2 is 2.13 bits per heavy atom. The van der Waals surface area contributed by atoms with Crippen molar-refractivity contribution in [2.45, 2.75) is 18.9 Å². The number of anilines is 2. The number of nitrogens with zero attached hydrogens (tertiary/aromatic N) is 5. The number of imidazole rings is 1. The highest BCUT2D eigenvalue weighted by Crippen LogP contribution is 2.38. The molecule has 3 aromatic rings. The average Bonchev–Trinajstić information content (AvgIpc) is 3.26. The Morgan fingerprint density at radius 1 is 1.30 bits per heavy atom. The first-order valence-corrected chi connectivity index (χ1v) is 8.19. The van der Waals surface area contributed by atoms with Crippen LogP contribution in [0.3, 0.4) is 0 Å². The fourth-order valence-electron chi connectivity index (χ4n) is 2.46. The van der Waals surface area contributed by atoms with Crippen LogP contribution in [0.1, 0.15) is 24.4 Å². The minimum absolute atomic E-state index is 0.165. The molecule has 2 heterocycles. The standard InChI is InChI=1S/C15H10BrClN6/c16-9-3-8(6-18)4-10(5-9)20-13-12-14(22-15(17)21-13)23(7-19-12)11-1-2-11/h3-5,7,11H,1-2H2,(H,20,21,22). The van der Waals surface area contributed by atoms with E-state index in [4.69, 9.17) is 16.9 Å². The van der Waals surface area contributed by atoms with Crippen molar-refractivity contribution in [3.63, 3.8) is 0 Å². The summed E-state index contributed by atoms with van der Waals surface area (Å²) in [5.41, 5.74) is 2.67. The van der Waals surface area contributed by atoms with E-state index in [0.29, 0.717) is 22.9 Å². The summed E-state index contributed by atoms with van der Waals surface area (Å²) in [5, 5.41) is 12.4. The molecule has 1 saturated carbocycles. The van der Waals surface area contributed by atoms with Gasteiger partial charge in [-0.15, -0.1) is 0 Å². The second-order valence-electron chi connectivity index (χ2n) is 5.36. The summed E-state index contributed by atoms with van der Waals surface area (Å²) in [6.07, 6.45) is 4.04. The van der Waals surface area contributed by atoms with Crippen molar-refractivity contribution in [1.82, 2.24) is 19.5 Å². The number of hydrogen-bond acceptors (Lipinski definition) is 5. The number of benzene rings is 1. The number of nitriles is 1. The van der Waals surface area contributed by atoms with Gasteiger partial charge in [0, 0.05) is 16.2 Å². The molecule has 0 radical (unpaired) electrons. The van der Waals surface area contributed by atoms with E-state index < -0.39 is 0 Å². The zero-order valence-corrected chi connectivity index (χ0v) is 14.1. The van der Waals surface area contributed by atoms with Crippen LogP contribution in [0.15, 0.2) is 29.0 Å². The van der Waals surface area contributed by atoms with Crippen molar-refractivity contribution in [2.75, 3.05) is 5.32 Å². The lowest BCUT2D eigenvalue weighted by molar-refractivity contribution is 0.756. The van der Waals surface area contributed by atoms with Gasteiger partial charge >= 0.3 is 0 Å². The molecular formula is C15H10BrClN6. The first-order valence-electron chi connectivity index (χ1n) is 7.02. The number of hydrogen-bond donors (Lipinski definition) is 1. The lowest BCUT2D eigenvalue weighted by Crippen LogP contribution is -2.00. The van der Waals surface area contributed by atoms with Gasteiger partial charge in [-0.3, -0.25) is 0 Å². The largest absolute Gasteiger partial charge is 0.338 e. The molecule has 0 spiro atoms. The zero-order valence-electron chi connectivity index (χ0n) is 11.8. The molecule has 2 aromatic heterocycles. The molecule has 1 aliphatic carbocycles. The molecule has 1 N–H and O–H groups in total. The molecule has 1 aromatic carbocycles. The maximum Gasteiger partial charge on any atom is 0.226 e. The molecule has 0 amide bonds. The molecule has 1 aliphatic rings. The van der Waals surface area contributed by atoms with Crippen LogP contribution in [0, 0.1) is 11.3 Å². The van der Waals surface area contributed by atoms with Gasteiger partial charge < -0.3 is 9.88 Å². The molecule has 114 valence electrons. The van der Waals surface area contributed by atoms with Crippen LogP contribution in [0.25, 0.3) is 11.2 Å². The Balaban J connectivity index is 1.80. The molecule has 4 rings (SSSR count). The van der Waals surface area contributed by atoms with E-state index in [9.17, 15) is 0 Å². The smallest absolute Gasteiger partial charge is 0.226 e. The predicted octanol–water partition coefficient (Wildman–Crippen LogP) is 4.19. The topological polar surface area (TPSA) is 79.4 Å². The van der Waals surface area contributed by atoms with Crippen molar-refractivity contribution in [1.29, 1.82) is 5.26 Å². The Hall–Kier alpha value is -2.17. The Kier molecular flexibility index (Phi) is 3.43. The van der Waals surface area contributed by atoms with Gasteiger partial charge in [-0.2, -0.15) is 15.2 Å². The quantitative estimate of drug-likeness (QED) is 0.679. The number of halogens is 2. The van der Waals surface area contributed by atoms with Crippen molar-refractivity contribution in [3.8, 4) is 6.07 Å². The maximum absolute atomic E-state index is 9.08. The molecule has 0 unspecified atom stereocenters. The van der Waals surface area contributed by atoms with E-state index in [0.717, 1.165) is 28.6 Å². The third-order valence-corrected chi connectivity index (χ3v) is 4.25. The van der Waals surface area contributed by atoms with Gasteiger partial charge in [0.15, 0.2) is 17.0 Å². The molecule has 0 aliphatic heterocycles. The maximum atomic E-state index is 9.08. The van der Waals surface area contributed by atoms with Crippen LogP contribution in [-0.2, 0) is 0 Å². The third-order valence-electron chi connectivity index (χ3n) is 3.62. The van der Waals surface area contributed by atoms with Crippen molar-refractivity contribution in [2.24, 2.45) is 0 Å². The number of fused-ring (bicyclic) bond motifs is 1. The number of aromatic nitrogens is 4. The minimum Gasteiger partial charge on any atom is -0.338 e. The van der Waals surface area contributed by atoms with Gasteiger partial charge in [-0.25, -0.2) is 4.98 Å². The predicted molar refractivity (Wildman–Crippen MR) is 90.7 cm³/mol. The summed E-state index contributed by atoms with van der Waals surface area (Å²) in [6.45, 7) is 0. The van der Waals surface area contributed by atoms with Crippen LogP contribution in [0.5, 0.6) is 0 Å². The monoisotopic (exact) mass is 388 g/mol. The molecule has 8 heteroatoms. The summed E-state index contributed by atoms with van der Waals surface area (Å²) >= 11 is 9.46. The van der Waals surface area contributed by atoms with Crippen LogP contribution in [0.4, 0.5) is 11.5 Å². The molecule has 0 bridgehead atoms. The van der Waals surface area contributed by atoms with Gasteiger partial charge in [-0.05, 0) is 42.6 Å². The summed E-state index contributed by atoms with van der Waals surface area (Å²) in [5.74, 6) is 0.529. The van der Waals surface area contributed by atoms with Crippen molar-refractivity contribution >= 4 is 50.2 Å². The zero-order chi connectivity index (χ0) is 16.0. The van der Waals surface area contributed by atoms with Crippen LogP contribution >= 0.6 is 27.5 Å². The Labute approximate surface area is 145 Å². The molecule has 23 heavy (non-hydrogen) atoms. The fourth-order valence-corrected chi connectivity index (χ4v) is 3.12. The summed E-state index contributed by atoms with van der Waals surface area (Å²) < 4.78 is 2.84. The lowest BCUT2D eigenvalue weighted by Gasteiger charge is -2.08. The first-order chi connectivity index (χ1) is 11.1. The molecule has 0 atom stereocenters. The normalized spacial score (nSPS) is 14.0. The Bertz CT molecular complexity index is 956. The molecule has 1 fully saturated rings. The van der Waals surface area contributed by atoms with Crippen LogP contribution in [-0.4, -0.2) is 19.5 Å². The van der Waals surface area contributed by atoms with Crippen molar-refractivity contribution in [3.05, 3.63) is 39.8 Å². The van der Waals surface area contributed by atoms with Gasteiger partial charge in [-0.1, -0.05) is 15.9 Å². The van der Waals surface area contributed by atoms with E-state index in [1.165, 1.54) is 0 Å². The van der Waals surface area contributed by atoms with E-state index in [-0.39, 0.29) is 5.28 Å². The summed E-state index contributed by atoms with van der Waals surface area (Å²) in [7, 11) is 0. The fraction of sp³-hybridized carbons (Fsp3) is 0.200. The molecule has 6 nitrogen and oxygen atoms in total. The van der Waals surface area contributed by atoms with Gasteiger partial charge in [0.25, 0.3) is 0 Å². The van der Waals surface area contributed by atoms with E-state index in [1.807, 2.05) is 10.6 Å². The highest BCUT2D eigenvalue weighted by molar-refractivity contribution is 9.10. The number of rotatable bonds is 3. The average molecular weight is 390 g/mol. The van der Waals surface area contributed by atoms with Gasteiger partial charge in [0.2, 0.25) is 5.28 Å². The van der Waals surface area contributed by atoms with Crippen LogP contribution < -0.4 is 5.32 Å². The lowest BCUT2D eigenvalue weighted by atomic mass is 10.2. The van der Waals surface area contributed by atoms with Crippen LogP contribution in [0.2, 0.25) is 5.28 Å². The van der Waals surface area contributed by atoms with Gasteiger partial charge in [0.1, 0.15) is 0 Å². The first kappa shape index (κ1) is 14.4. The summed E-state index contributed by atoms with van der Waals surface area (Å²) in [4.78, 5) is 13.0.